The second kappa shape index (κ2) is 11.6. The minimum atomic E-state index is -3.32. The van der Waals surface area contributed by atoms with E-state index in [9.17, 15) is 13.2 Å². The van der Waals surface area contributed by atoms with Gasteiger partial charge in [0, 0.05) is 19.6 Å². The number of nitrogens with one attached hydrogen (secondary N) is 1. The Bertz CT molecular complexity index is 1300. The van der Waals surface area contributed by atoms with Gasteiger partial charge in [0.2, 0.25) is 5.91 Å². The van der Waals surface area contributed by atoms with Gasteiger partial charge in [0.1, 0.15) is 5.82 Å². The highest BCUT2D eigenvalue weighted by Gasteiger charge is 2.21. The Morgan fingerprint density at radius 2 is 1.83 bits per heavy atom. The van der Waals surface area contributed by atoms with Crippen LogP contribution in [-0.2, 0) is 27.6 Å². The van der Waals surface area contributed by atoms with Gasteiger partial charge in [-0.2, -0.15) is 5.10 Å². The summed E-state index contributed by atoms with van der Waals surface area (Å²) in [7, 11) is -3.32. The molecule has 1 fully saturated rings. The predicted octanol–water partition coefficient (Wildman–Crippen LogP) is 3.47. The number of carbonyl (C=O) groups is 1. The number of hydrogen-bond donors (Lipinski definition) is 1. The number of nitrogens with zero attached hydrogens (tertiary/aromatic N) is 5. The molecular formula is C25H34N6O3S2. The van der Waals surface area contributed by atoms with Crippen LogP contribution in [0.5, 0.6) is 0 Å². The van der Waals surface area contributed by atoms with Crippen molar-refractivity contribution in [2.24, 2.45) is 0 Å². The molecule has 4 rings (SSSR count). The van der Waals surface area contributed by atoms with Gasteiger partial charge in [-0.05, 0) is 56.6 Å². The van der Waals surface area contributed by atoms with Crippen molar-refractivity contribution in [1.29, 1.82) is 0 Å². The van der Waals surface area contributed by atoms with E-state index in [4.69, 9.17) is 9.97 Å². The highest BCUT2D eigenvalue weighted by Crippen LogP contribution is 2.29. The lowest BCUT2D eigenvalue weighted by Crippen LogP contribution is -2.30. The standard InChI is InChI=1S/C25H34N6O3S2/c1-4-35-25-28-23(30-13-6-5-7-14-30)21-17-27-31(24(21)29-25)15-12-26-22(32)16-19-8-10-20(11-9-19)36(33,34)18(2)3/h8-11,17-18H,4-7,12-16H2,1-3H3,(H,26,32). The van der Waals surface area contributed by atoms with E-state index in [2.05, 4.69) is 22.2 Å². The summed E-state index contributed by atoms with van der Waals surface area (Å²) in [6, 6.07) is 6.53. The number of piperidine rings is 1. The van der Waals surface area contributed by atoms with Gasteiger partial charge in [-0.25, -0.2) is 23.1 Å². The van der Waals surface area contributed by atoms with Crippen LogP contribution in [0.2, 0.25) is 0 Å². The number of fused-ring (bicyclic) bond motifs is 1. The molecule has 3 heterocycles. The number of hydrogen-bond acceptors (Lipinski definition) is 8. The fourth-order valence-corrected chi connectivity index (χ4v) is 5.86. The van der Waals surface area contributed by atoms with Gasteiger partial charge in [-0.1, -0.05) is 30.8 Å². The molecular weight excluding hydrogens is 496 g/mol. The maximum Gasteiger partial charge on any atom is 0.224 e. The molecule has 1 saturated heterocycles. The van der Waals surface area contributed by atoms with Gasteiger partial charge in [0.15, 0.2) is 20.6 Å². The largest absolute Gasteiger partial charge is 0.356 e. The zero-order valence-corrected chi connectivity index (χ0v) is 22.7. The van der Waals surface area contributed by atoms with Crippen molar-refractivity contribution in [3.8, 4) is 0 Å². The number of sulfone groups is 1. The van der Waals surface area contributed by atoms with Crippen LogP contribution in [0.4, 0.5) is 5.82 Å². The lowest BCUT2D eigenvalue weighted by Gasteiger charge is -2.28. The van der Waals surface area contributed by atoms with Gasteiger partial charge in [0.25, 0.3) is 0 Å². The summed E-state index contributed by atoms with van der Waals surface area (Å²) in [6.07, 6.45) is 5.59. The maximum atomic E-state index is 12.5. The van der Waals surface area contributed by atoms with Crippen molar-refractivity contribution in [3.05, 3.63) is 36.0 Å². The van der Waals surface area contributed by atoms with Crippen molar-refractivity contribution in [2.45, 2.75) is 68.3 Å². The van der Waals surface area contributed by atoms with E-state index in [1.165, 1.54) is 6.42 Å². The third-order valence-electron chi connectivity index (χ3n) is 6.27. The van der Waals surface area contributed by atoms with E-state index in [-0.39, 0.29) is 17.2 Å². The molecule has 1 aromatic carbocycles. The van der Waals surface area contributed by atoms with Crippen molar-refractivity contribution < 1.29 is 13.2 Å². The van der Waals surface area contributed by atoms with Crippen LogP contribution in [-0.4, -0.2) is 64.7 Å². The van der Waals surface area contributed by atoms with E-state index >= 15 is 0 Å². The first kappa shape index (κ1) is 26.4. The number of amides is 1. The SMILES string of the molecule is CCSc1nc(N2CCCCC2)c2cnn(CCNC(=O)Cc3ccc(S(=O)(=O)C(C)C)cc3)c2n1. The first-order valence-corrected chi connectivity index (χ1v) is 15.0. The van der Waals surface area contributed by atoms with Crippen LogP contribution >= 0.6 is 11.8 Å². The molecule has 0 aliphatic carbocycles. The predicted molar refractivity (Wildman–Crippen MR) is 143 cm³/mol. The Balaban J connectivity index is 1.40. The Morgan fingerprint density at radius 3 is 2.50 bits per heavy atom. The van der Waals surface area contributed by atoms with E-state index in [0.717, 1.165) is 59.3 Å². The molecule has 0 unspecified atom stereocenters. The zero-order chi connectivity index (χ0) is 25.7. The molecule has 194 valence electrons. The lowest BCUT2D eigenvalue weighted by atomic mass is 10.1. The third kappa shape index (κ3) is 6.00. The Labute approximate surface area is 217 Å². The lowest BCUT2D eigenvalue weighted by molar-refractivity contribution is -0.120. The molecule has 3 aromatic rings. The topological polar surface area (TPSA) is 110 Å². The number of benzene rings is 1. The number of anilines is 1. The molecule has 9 nitrogen and oxygen atoms in total. The van der Waals surface area contributed by atoms with Gasteiger partial charge in [-0.15, -0.1) is 0 Å². The minimum absolute atomic E-state index is 0.128. The van der Waals surface area contributed by atoms with E-state index in [1.54, 1.807) is 49.9 Å². The Kier molecular flexibility index (Phi) is 8.50. The average Bonchev–Trinajstić information content (AvgIpc) is 3.27. The molecule has 0 radical (unpaired) electrons. The van der Waals surface area contributed by atoms with Gasteiger partial charge in [0.05, 0.1) is 34.7 Å². The van der Waals surface area contributed by atoms with Crippen LogP contribution in [0.15, 0.2) is 40.5 Å². The zero-order valence-electron chi connectivity index (χ0n) is 21.1. The Hall–Kier alpha value is -2.66. The smallest absolute Gasteiger partial charge is 0.224 e. The van der Waals surface area contributed by atoms with Crippen LogP contribution in [0.25, 0.3) is 11.0 Å². The van der Waals surface area contributed by atoms with E-state index in [1.807, 2.05) is 10.9 Å². The first-order valence-electron chi connectivity index (χ1n) is 12.5. The van der Waals surface area contributed by atoms with E-state index < -0.39 is 15.1 Å². The molecule has 0 bridgehead atoms. The summed E-state index contributed by atoms with van der Waals surface area (Å²) >= 11 is 1.62. The average molecular weight is 531 g/mol. The van der Waals surface area contributed by atoms with Gasteiger partial charge in [-0.3, -0.25) is 4.79 Å². The molecule has 0 saturated carbocycles. The number of carbonyl (C=O) groups excluding carboxylic acids is 1. The minimum Gasteiger partial charge on any atom is -0.356 e. The van der Waals surface area contributed by atoms with E-state index in [0.29, 0.717) is 13.1 Å². The molecule has 0 spiro atoms. The number of rotatable bonds is 10. The highest BCUT2D eigenvalue weighted by atomic mass is 32.2. The third-order valence-corrected chi connectivity index (χ3v) is 9.17. The molecule has 11 heteroatoms. The van der Waals surface area contributed by atoms with Crippen LogP contribution in [0.3, 0.4) is 0 Å². The molecule has 36 heavy (non-hydrogen) atoms. The van der Waals surface area contributed by atoms with Crippen LogP contribution < -0.4 is 10.2 Å². The normalized spacial score (nSPS) is 14.5. The van der Waals surface area contributed by atoms with Gasteiger partial charge >= 0.3 is 0 Å². The van der Waals surface area contributed by atoms with Crippen molar-refractivity contribution in [2.75, 3.05) is 30.3 Å². The van der Waals surface area contributed by atoms with Crippen LogP contribution in [0.1, 0.15) is 45.6 Å². The summed E-state index contributed by atoms with van der Waals surface area (Å²) < 4.78 is 26.4. The van der Waals surface area contributed by atoms with Crippen molar-refractivity contribution in [1.82, 2.24) is 25.1 Å². The fourth-order valence-electron chi connectivity index (χ4n) is 4.24. The number of aromatic nitrogens is 4. The monoisotopic (exact) mass is 530 g/mol. The summed E-state index contributed by atoms with van der Waals surface area (Å²) in [5, 5.41) is 8.70. The molecule has 1 aliphatic rings. The summed E-state index contributed by atoms with van der Waals surface area (Å²) in [5.74, 6) is 1.71. The van der Waals surface area contributed by atoms with Crippen molar-refractivity contribution >= 4 is 44.4 Å². The second-order valence-corrected chi connectivity index (χ2v) is 12.9. The molecule has 0 atom stereocenters. The summed E-state index contributed by atoms with van der Waals surface area (Å²) in [6.45, 7) is 8.29. The second-order valence-electron chi connectivity index (χ2n) is 9.18. The summed E-state index contributed by atoms with van der Waals surface area (Å²) in [4.78, 5) is 24.7. The Morgan fingerprint density at radius 1 is 1.11 bits per heavy atom. The molecule has 1 aliphatic heterocycles. The molecule has 1 amide bonds. The first-order chi connectivity index (χ1) is 17.3. The quantitative estimate of drug-likeness (QED) is 0.313. The fraction of sp³-hybridized carbons (Fsp3) is 0.520. The highest BCUT2D eigenvalue weighted by molar-refractivity contribution is 7.99. The van der Waals surface area contributed by atoms with Gasteiger partial charge < -0.3 is 10.2 Å². The summed E-state index contributed by atoms with van der Waals surface area (Å²) in [5.41, 5.74) is 1.55. The van der Waals surface area contributed by atoms with Crippen molar-refractivity contribution in [3.63, 3.8) is 0 Å². The molecule has 2 aromatic heterocycles. The van der Waals surface area contributed by atoms with Crippen LogP contribution in [0, 0.1) is 0 Å². The molecule has 1 N–H and O–H groups in total. The maximum absolute atomic E-state index is 12.5. The number of thioether (sulfide) groups is 1.